The molecule has 1 unspecified atom stereocenters. The Hall–Kier alpha value is -1.62. The first-order valence-electron chi connectivity index (χ1n) is 6.67. The number of phenolic OH excluding ortho intramolecular Hbond substituents is 1. The molecule has 3 rings (SSSR count). The first-order chi connectivity index (χ1) is 9.13. The summed E-state index contributed by atoms with van der Waals surface area (Å²) in [5, 5.41) is 12.5. The number of amides is 1. The second kappa shape index (κ2) is 4.81. The van der Waals surface area contributed by atoms with Crippen molar-refractivity contribution >= 4 is 5.91 Å². The Morgan fingerprint density at radius 2 is 2.16 bits per heavy atom. The molecule has 0 bridgehead atoms. The summed E-state index contributed by atoms with van der Waals surface area (Å²) in [6, 6.07) is 4.20. The second-order valence-corrected chi connectivity index (χ2v) is 5.35. The molecule has 1 atom stereocenters. The van der Waals surface area contributed by atoms with E-state index in [1.165, 1.54) is 18.9 Å². The number of carbonyl (C=O) groups is 1. The van der Waals surface area contributed by atoms with E-state index in [0.717, 1.165) is 31.6 Å². The number of hydrogen-bond acceptors (Lipinski definition) is 3. The maximum Gasteiger partial charge on any atom is 0.255 e. The van der Waals surface area contributed by atoms with Gasteiger partial charge in [0.05, 0.1) is 5.56 Å². The minimum absolute atomic E-state index is 0.00451. The summed E-state index contributed by atoms with van der Waals surface area (Å²) in [6.07, 6.45) is 3.43. The molecule has 1 saturated heterocycles. The van der Waals surface area contributed by atoms with Crippen LogP contribution in [0.25, 0.3) is 0 Å². The monoisotopic (exact) mass is 264 g/mol. The van der Waals surface area contributed by atoms with E-state index >= 15 is 0 Å². The van der Waals surface area contributed by atoms with Crippen LogP contribution < -0.4 is 5.32 Å². The summed E-state index contributed by atoms with van der Waals surface area (Å²) in [5.41, 5.74) is 0.00451. The Kier molecular flexibility index (Phi) is 3.14. The van der Waals surface area contributed by atoms with Gasteiger partial charge in [0.1, 0.15) is 11.6 Å². The highest BCUT2D eigenvalue weighted by Crippen LogP contribution is 2.30. The van der Waals surface area contributed by atoms with Crippen molar-refractivity contribution in [3.8, 4) is 5.75 Å². The molecule has 0 radical (unpaired) electrons. The van der Waals surface area contributed by atoms with E-state index in [-0.39, 0.29) is 17.4 Å². The van der Waals surface area contributed by atoms with Gasteiger partial charge in [-0.1, -0.05) is 0 Å². The largest absolute Gasteiger partial charge is 0.507 e. The van der Waals surface area contributed by atoms with Gasteiger partial charge >= 0.3 is 0 Å². The molecule has 4 nitrogen and oxygen atoms in total. The third-order valence-corrected chi connectivity index (χ3v) is 3.82. The summed E-state index contributed by atoms with van der Waals surface area (Å²) in [5.74, 6) is -1.11. The zero-order valence-corrected chi connectivity index (χ0v) is 10.6. The number of likely N-dealkylation sites (tertiary alicyclic amines) is 1. The van der Waals surface area contributed by atoms with Gasteiger partial charge in [0.25, 0.3) is 5.91 Å². The van der Waals surface area contributed by atoms with Crippen molar-refractivity contribution in [2.75, 3.05) is 13.1 Å². The van der Waals surface area contributed by atoms with Gasteiger partial charge in [-0.15, -0.1) is 0 Å². The quantitative estimate of drug-likeness (QED) is 0.870. The van der Waals surface area contributed by atoms with Gasteiger partial charge < -0.3 is 10.4 Å². The van der Waals surface area contributed by atoms with Crippen molar-refractivity contribution in [2.45, 2.75) is 31.3 Å². The van der Waals surface area contributed by atoms with E-state index in [2.05, 4.69) is 10.2 Å². The molecule has 2 N–H and O–H groups in total. The summed E-state index contributed by atoms with van der Waals surface area (Å²) >= 11 is 0. The lowest BCUT2D eigenvalue weighted by molar-refractivity contribution is 0.0934. The Labute approximate surface area is 111 Å². The van der Waals surface area contributed by atoms with Crippen LogP contribution in [0.5, 0.6) is 5.75 Å². The second-order valence-electron chi connectivity index (χ2n) is 5.35. The molecule has 1 aromatic rings. The van der Waals surface area contributed by atoms with E-state index in [1.807, 2.05) is 0 Å². The average Bonchev–Trinajstić information content (AvgIpc) is 3.13. The van der Waals surface area contributed by atoms with Crippen LogP contribution >= 0.6 is 0 Å². The minimum atomic E-state index is -0.519. The van der Waals surface area contributed by atoms with Crippen LogP contribution in [0.2, 0.25) is 0 Å². The first kappa shape index (κ1) is 12.4. The zero-order chi connectivity index (χ0) is 13.4. The maximum atomic E-state index is 13.1. The molecule has 0 aromatic heterocycles. The number of rotatable bonds is 3. The number of carbonyl (C=O) groups excluding carboxylic acids is 1. The minimum Gasteiger partial charge on any atom is -0.507 e. The SMILES string of the molecule is O=C(NC1CCN(C2CC2)C1)c1cc(F)ccc1O. The summed E-state index contributed by atoms with van der Waals surface area (Å²) in [7, 11) is 0. The molecule has 1 amide bonds. The molecule has 19 heavy (non-hydrogen) atoms. The van der Waals surface area contributed by atoms with Gasteiger partial charge in [-0.25, -0.2) is 4.39 Å². The molecule has 1 aliphatic carbocycles. The van der Waals surface area contributed by atoms with Crippen LogP contribution in [0.3, 0.4) is 0 Å². The highest BCUT2D eigenvalue weighted by atomic mass is 19.1. The van der Waals surface area contributed by atoms with E-state index < -0.39 is 11.7 Å². The van der Waals surface area contributed by atoms with Crippen LogP contribution in [0.4, 0.5) is 4.39 Å². The molecule has 2 aliphatic rings. The summed E-state index contributed by atoms with van der Waals surface area (Å²) in [4.78, 5) is 14.4. The van der Waals surface area contributed by atoms with Crippen molar-refractivity contribution in [1.29, 1.82) is 0 Å². The lowest BCUT2D eigenvalue weighted by Gasteiger charge is -2.16. The highest BCUT2D eigenvalue weighted by Gasteiger charge is 2.35. The van der Waals surface area contributed by atoms with Crippen LogP contribution in [-0.2, 0) is 0 Å². The Morgan fingerprint density at radius 3 is 2.89 bits per heavy atom. The third kappa shape index (κ3) is 2.71. The first-order valence-corrected chi connectivity index (χ1v) is 6.67. The summed E-state index contributed by atoms with van der Waals surface area (Å²) < 4.78 is 13.1. The molecule has 1 aliphatic heterocycles. The van der Waals surface area contributed by atoms with E-state index in [1.54, 1.807) is 0 Å². The van der Waals surface area contributed by atoms with E-state index in [0.29, 0.717) is 6.04 Å². The summed E-state index contributed by atoms with van der Waals surface area (Å²) in [6.45, 7) is 1.86. The number of benzene rings is 1. The van der Waals surface area contributed by atoms with Crippen LogP contribution in [0.15, 0.2) is 18.2 Å². The topological polar surface area (TPSA) is 52.6 Å². The number of halogens is 1. The molecule has 1 heterocycles. The lowest BCUT2D eigenvalue weighted by atomic mass is 10.1. The molecule has 5 heteroatoms. The van der Waals surface area contributed by atoms with Crippen LogP contribution in [-0.4, -0.2) is 41.1 Å². The van der Waals surface area contributed by atoms with Gasteiger partial charge in [0.2, 0.25) is 0 Å². The van der Waals surface area contributed by atoms with Crippen molar-refractivity contribution in [3.63, 3.8) is 0 Å². The van der Waals surface area contributed by atoms with Crippen LogP contribution in [0, 0.1) is 5.82 Å². The van der Waals surface area contributed by atoms with E-state index in [9.17, 15) is 14.3 Å². The lowest BCUT2D eigenvalue weighted by Crippen LogP contribution is -2.37. The smallest absolute Gasteiger partial charge is 0.255 e. The average molecular weight is 264 g/mol. The number of aromatic hydroxyl groups is 1. The highest BCUT2D eigenvalue weighted by molar-refractivity contribution is 5.97. The fourth-order valence-electron chi connectivity index (χ4n) is 2.63. The third-order valence-electron chi connectivity index (χ3n) is 3.82. The van der Waals surface area contributed by atoms with Gasteiger partial charge in [0.15, 0.2) is 0 Å². The number of hydrogen-bond donors (Lipinski definition) is 2. The predicted octanol–water partition coefficient (Wildman–Crippen LogP) is 1.50. The number of nitrogens with zero attached hydrogens (tertiary/aromatic N) is 1. The van der Waals surface area contributed by atoms with Gasteiger partial charge in [-0.2, -0.15) is 0 Å². The fourth-order valence-corrected chi connectivity index (χ4v) is 2.63. The normalized spacial score (nSPS) is 23.5. The van der Waals surface area contributed by atoms with Gasteiger partial charge in [0, 0.05) is 25.2 Å². The zero-order valence-electron chi connectivity index (χ0n) is 10.6. The Bertz CT molecular complexity index is 502. The number of phenols is 1. The Balaban J connectivity index is 1.63. The molecular weight excluding hydrogens is 247 g/mol. The van der Waals surface area contributed by atoms with Crippen molar-refractivity contribution < 1.29 is 14.3 Å². The van der Waals surface area contributed by atoms with Crippen molar-refractivity contribution in [3.05, 3.63) is 29.6 Å². The molecule has 2 fully saturated rings. The van der Waals surface area contributed by atoms with Gasteiger partial charge in [-0.05, 0) is 37.5 Å². The van der Waals surface area contributed by atoms with E-state index in [4.69, 9.17) is 0 Å². The fraction of sp³-hybridized carbons (Fsp3) is 0.500. The molecule has 1 aromatic carbocycles. The van der Waals surface area contributed by atoms with Crippen LogP contribution in [0.1, 0.15) is 29.6 Å². The molecule has 102 valence electrons. The predicted molar refractivity (Wildman–Crippen MR) is 68.5 cm³/mol. The van der Waals surface area contributed by atoms with Crippen molar-refractivity contribution in [2.24, 2.45) is 0 Å². The Morgan fingerprint density at radius 1 is 1.37 bits per heavy atom. The molecule has 0 spiro atoms. The maximum absolute atomic E-state index is 13.1. The number of nitrogens with one attached hydrogen (secondary N) is 1. The molecule has 1 saturated carbocycles. The van der Waals surface area contributed by atoms with Crippen molar-refractivity contribution in [1.82, 2.24) is 10.2 Å². The standard InChI is InChI=1S/C14H17FN2O2/c15-9-1-4-13(18)12(7-9)14(19)16-10-5-6-17(8-10)11-2-3-11/h1,4,7,10-11,18H,2-3,5-6,8H2,(H,16,19). The molecular formula is C14H17FN2O2. The van der Waals surface area contributed by atoms with Gasteiger partial charge in [-0.3, -0.25) is 9.69 Å².